The summed E-state index contributed by atoms with van der Waals surface area (Å²) < 4.78 is 0. The Kier molecular flexibility index (Phi) is 21.9. The van der Waals surface area contributed by atoms with E-state index in [0.717, 1.165) is 0 Å². The summed E-state index contributed by atoms with van der Waals surface area (Å²) in [5, 5.41) is 0. The van der Waals surface area contributed by atoms with Crippen LogP contribution in [0.4, 0.5) is 0 Å². The van der Waals surface area contributed by atoms with E-state index < -0.39 is 0 Å². The molecule has 0 aromatic rings. The summed E-state index contributed by atoms with van der Waals surface area (Å²) in [4.78, 5) is 0. The van der Waals surface area contributed by atoms with E-state index in [9.17, 15) is 0 Å². The van der Waals surface area contributed by atoms with Crippen molar-refractivity contribution in [3.63, 3.8) is 0 Å². The molecule has 0 rings (SSSR count). The second kappa shape index (κ2) is 21.2. The largest absolute Gasteiger partial charge is 0.107 e. The van der Waals surface area contributed by atoms with Crippen LogP contribution in [0.2, 0.25) is 0 Å². The lowest BCUT2D eigenvalue weighted by Crippen LogP contribution is -2.01. The Balaban J connectivity index is 4.13. The van der Waals surface area contributed by atoms with E-state index in [-0.39, 0.29) is 0 Å². The summed E-state index contributed by atoms with van der Waals surface area (Å²) >= 11 is 0. The topological polar surface area (TPSA) is 0 Å². The standard InChI is InChI=1S/C23H50P2/c1-5-9-13-18-24(19-14-10-6-2)22-17-23-25(20-15-11-7-3)21-16-12-8-4/h5-23H2,1-4H3. The van der Waals surface area contributed by atoms with Gasteiger partial charge in [-0.05, 0) is 69.1 Å². The van der Waals surface area contributed by atoms with E-state index in [4.69, 9.17) is 0 Å². The third kappa shape index (κ3) is 18.0. The van der Waals surface area contributed by atoms with Gasteiger partial charge in [-0.15, -0.1) is 15.8 Å². The lowest BCUT2D eigenvalue weighted by atomic mass is 10.3. The maximum absolute atomic E-state index is 2.35. The summed E-state index contributed by atoms with van der Waals surface area (Å²) in [7, 11) is 0.728. The van der Waals surface area contributed by atoms with Gasteiger partial charge in [-0.2, -0.15) is 0 Å². The van der Waals surface area contributed by atoms with Gasteiger partial charge in [0.15, 0.2) is 0 Å². The number of hydrogen-bond donors (Lipinski definition) is 0. The average Bonchev–Trinajstić information content (AvgIpc) is 2.61. The van der Waals surface area contributed by atoms with Gasteiger partial charge in [-0.3, -0.25) is 0 Å². The predicted molar refractivity (Wildman–Crippen MR) is 126 cm³/mol. The lowest BCUT2D eigenvalue weighted by Gasteiger charge is -2.21. The highest BCUT2D eigenvalue weighted by atomic mass is 31.1. The second-order valence-electron chi connectivity index (χ2n) is 7.87. The van der Waals surface area contributed by atoms with Gasteiger partial charge in [0.2, 0.25) is 0 Å². The quantitative estimate of drug-likeness (QED) is 0.144. The molecule has 0 aliphatic carbocycles. The molecule has 0 heterocycles. The third-order valence-corrected chi connectivity index (χ3v) is 11.0. The zero-order valence-corrected chi connectivity index (χ0v) is 20.1. The zero-order chi connectivity index (χ0) is 18.6. The smallest absolute Gasteiger partial charge is 0.0323 e. The highest BCUT2D eigenvalue weighted by Crippen LogP contribution is 2.43. The molecule has 0 aliphatic heterocycles. The fourth-order valence-electron chi connectivity index (χ4n) is 3.53. The Labute approximate surface area is 164 Å². The number of hydrogen-bond acceptors (Lipinski definition) is 0. The van der Waals surface area contributed by atoms with Crippen LogP contribution in [0.15, 0.2) is 0 Å². The molecule has 0 bridgehead atoms. The Morgan fingerprint density at radius 3 is 0.800 bits per heavy atom. The molecule has 0 aliphatic rings. The highest BCUT2D eigenvalue weighted by molar-refractivity contribution is 7.58. The predicted octanol–water partition coefficient (Wildman–Crippen LogP) is 9.10. The van der Waals surface area contributed by atoms with Crippen LogP contribution < -0.4 is 0 Å². The first-order valence-electron chi connectivity index (χ1n) is 11.7. The van der Waals surface area contributed by atoms with E-state index in [1.807, 2.05) is 0 Å². The molecule has 2 heteroatoms. The van der Waals surface area contributed by atoms with Crippen LogP contribution in [0.3, 0.4) is 0 Å². The molecular weight excluding hydrogens is 338 g/mol. The minimum atomic E-state index is 0.364. The van der Waals surface area contributed by atoms with Gasteiger partial charge in [-0.25, -0.2) is 0 Å². The fourth-order valence-corrected chi connectivity index (χ4v) is 9.02. The molecule has 25 heavy (non-hydrogen) atoms. The monoisotopic (exact) mass is 388 g/mol. The fraction of sp³-hybridized carbons (Fsp3) is 1.00. The molecule has 0 unspecified atom stereocenters. The summed E-state index contributed by atoms with van der Waals surface area (Å²) in [5.41, 5.74) is 0. The molecule has 0 aromatic heterocycles. The molecule has 0 saturated heterocycles. The Morgan fingerprint density at radius 2 is 0.560 bits per heavy atom. The van der Waals surface area contributed by atoms with Crippen molar-refractivity contribution in [3.8, 4) is 0 Å². The molecule has 0 atom stereocenters. The first-order valence-corrected chi connectivity index (χ1v) is 15.5. The highest BCUT2D eigenvalue weighted by Gasteiger charge is 2.11. The van der Waals surface area contributed by atoms with Crippen LogP contribution >= 0.6 is 15.8 Å². The lowest BCUT2D eigenvalue weighted by molar-refractivity contribution is 0.758. The van der Waals surface area contributed by atoms with E-state index in [2.05, 4.69) is 27.7 Å². The molecule has 0 nitrogen and oxygen atoms in total. The van der Waals surface area contributed by atoms with Crippen LogP contribution in [0.5, 0.6) is 0 Å². The Bertz CT molecular complexity index is 198. The summed E-state index contributed by atoms with van der Waals surface area (Å²) in [6, 6.07) is 0. The van der Waals surface area contributed by atoms with Crippen molar-refractivity contribution in [2.24, 2.45) is 0 Å². The molecule has 0 N–H and O–H groups in total. The van der Waals surface area contributed by atoms with Crippen molar-refractivity contribution >= 4 is 15.8 Å². The first kappa shape index (κ1) is 25.9. The number of unbranched alkanes of at least 4 members (excludes halogenated alkanes) is 8. The minimum absolute atomic E-state index is 0.364. The van der Waals surface area contributed by atoms with Gasteiger partial charge in [0, 0.05) is 0 Å². The van der Waals surface area contributed by atoms with Crippen molar-refractivity contribution in [1.29, 1.82) is 0 Å². The molecular formula is C23H50P2. The van der Waals surface area contributed by atoms with Crippen molar-refractivity contribution in [2.45, 2.75) is 111 Å². The average molecular weight is 389 g/mol. The zero-order valence-electron chi connectivity index (χ0n) is 18.3. The van der Waals surface area contributed by atoms with Gasteiger partial charge >= 0.3 is 0 Å². The summed E-state index contributed by atoms with van der Waals surface area (Å²) in [5.74, 6) is 0. The molecule has 152 valence electrons. The van der Waals surface area contributed by atoms with Gasteiger partial charge in [0.25, 0.3) is 0 Å². The molecule has 0 amide bonds. The maximum atomic E-state index is 2.35. The Hall–Kier alpha value is 0.860. The molecule has 0 radical (unpaired) electrons. The third-order valence-electron chi connectivity index (χ3n) is 5.26. The normalized spacial score (nSPS) is 11.8. The summed E-state index contributed by atoms with van der Waals surface area (Å²) in [6.07, 6.45) is 28.5. The number of rotatable bonds is 20. The van der Waals surface area contributed by atoms with Gasteiger partial charge in [0.1, 0.15) is 0 Å². The molecule has 0 spiro atoms. The van der Waals surface area contributed by atoms with E-state index in [1.54, 1.807) is 43.4 Å². The van der Waals surface area contributed by atoms with Crippen LogP contribution in [0, 0.1) is 0 Å². The molecule has 0 saturated carbocycles. The van der Waals surface area contributed by atoms with E-state index >= 15 is 0 Å². The van der Waals surface area contributed by atoms with Gasteiger partial charge in [-0.1, -0.05) is 79.1 Å². The maximum Gasteiger partial charge on any atom is -0.0323 e. The minimum Gasteiger partial charge on any atom is -0.107 e. The van der Waals surface area contributed by atoms with Gasteiger partial charge in [0.05, 0.1) is 0 Å². The molecule has 0 aromatic carbocycles. The summed E-state index contributed by atoms with van der Waals surface area (Å²) in [6.45, 7) is 9.39. The van der Waals surface area contributed by atoms with E-state index in [1.165, 1.54) is 77.0 Å². The molecule has 0 fully saturated rings. The Morgan fingerprint density at radius 1 is 0.320 bits per heavy atom. The van der Waals surface area contributed by atoms with Crippen LogP contribution in [-0.4, -0.2) is 37.0 Å². The van der Waals surface area contributed by atoms with Crippen molar-refractivity contribution in [3.05, 3.63) is 0 Å². The van der Waals surface area contributed by atoms with Crippen LogP contribution in [0.1, 0.15) is 111 Å². The van der Waals surface area contributed by atoms with Crippen LogP contribution in [-0.2, 0) is 0 Å². The second-order valence-corrected chi connectivity index (χ2v) is 13.2. The first-order chi connectivity index (χ1) is 12.3. The van der Waals surface area contributed by atoms with Crippen LogP contribution in [0.25, 0.3) is 0 Å². The van der Waals surface area contributed by atoms with E-state index in [0.29, 0.717) is 15.8 Å². The van der Waals surface area contributed by atoms with Gasteiger partial charge < -0.3 is 0 Å². The van der Waals surface area contributed by atoms with Crippen molar-refractivity contribution < 1.29 is 0 Å². The van der Waals surface area contributed by atoms with Crippen molar-refractivity contribution in [1.82, 2.24) is 0 Å². The van der Waals surface area contributed by atoms with Crippen molar-refractivity contribution in [2.75, 3.05) is 37.0 Å². The SMILES string of the molecule is CCCCCP(CCCCC)CCCP(CCCCC)CCCCC.